The van der Waals surface area contributed by atoms with Crippen molar-refractivity contribution in [1.29, 1.82) is 0 Å². The van der Waals surface area contributed by atoms with E-state index in [0.717, 1.165) is 5.69 Å². The molecule has 6 aromatic carbocycles. The Kier molecular flexibility index (Phi) is 8.23. The van der Waals surface area contributed by atoms with Crippen LogP contribution in [0.25, 0.3) is 22.3 Å². The second-order valence-corrected chi connectivity index (χ2v) is 12.8. The van der Waals surface area contributed by atoms with Gasteiger partial charge in [0.1, 0.15) is 0 Å². The first-order valence-electron chi connectivity index (χ1n) is 14.8. The van der Waals surface area contributed by atoms with Gasteiger partial charge >= 0.3 is 0 Å². The highest BCUT2D eigenvalue weighted by Gasteiger charge is 2.31. The highest BCUT2D eigenvalue weighted by atomic mass is 127. The molecular formula is C41H36IN. The lowest BCUT2D eigenvalue weighted by Gasteiger charge is -2.35. The average molecular weight is 670 g/mol. The third kappa shape index (κ3) is 5.64. The van der Waals surface area contributed by atoms with Crippen LogP contribution in [0.1, 0.15) is 36.1 Å². The van der Waals surface area contributed by atoms with Crippen molar-refractivity contribution in [2.24, 2.45) is 0 Å². The summed E-state index contributed by atoms with van der Waals surface area (Å²) in [6.07, 6.45) is 0. The van der Waals surface area contributed by atoms with Crippen LogP contribution in [0.2, 0.25) is 0 Å². The Balaban J connectivity index is 1.51. The third-order valence-electron chi connectivity index (χ3n) is 8.50. The molecule has 0 spiro atoms. The summed E-state index contributed by atoms with van der Waals surface area (Å²) in [5.41, 5.74) is 13.5. The molecule has 0 amide bonds. The summed E-state index contributed by atoms with van der Waals surface area (Å²) in [7, 11) is 0. The number of rotatable bonds is 7. The van der Waals surface area contributed by atoms with Gasteiger partial charge in [-0.3, -0.25) is 0 Å². The molecule has 0 saturated carbocycles. The molecule has 212 valence electrons. The summed E-state index contributed by atoms with van der Waals surface area (Å²) < 4.78 is 1.28. The summed E-state index contributed by atoms with van der Waals surface area (Å²) in [5, 5.41) is 0. The van der Waals surface area contributed by atoms with Gasteiger partial charge < -0.3 is 4.90 Å². The molecule has 1 nitrogen and oxygen atoms in total. The molecule has 0 heterocycles. The first-order chi connectivity index (χ1) is 20.9. The van der Waals surface area contributed by atoms with Crippen molar-refractivity contribution in [2.45, 2.75) is 33.1 Å². The van der Waals surface area contributed by atoms with E-state index in [-0.39, 0.29) is 5.41 Å². The zero-order chi connectivity index (χ0) is 30.0. The van der Waals surface area contributed by atoms with Crippen molar-refractivity contribution in [2.75, 3.05) is 4.90 Å². The van der Waals surface area contributed by atoms with Crippen LogP contribution in [-0.4, -0.2) is 0 Å². The maximum atomic E-state index is 2.52. The van der Waals surface area contributed by atoms with E-state index in [2.05, 4.69) is 201 Å². The van der Waals surface area contributed by atoms with Crippen LogP contribution in [-0.2, 0) is 5.41 Å². The quantitative estimate of drug-likeness (QED) is 0.153. The number of benzene rings is 6. The molecule has 6 aromatic rings. The maximum Gasteiger partial charge on any atom is 0.0493 e. The zero-order valence-electron chi connectivity index (χ0n) is 25.2. The minimum atomic E-state index is -0.238. The highest BCUT2D eigenvalue weighted by molar-refractivity contribution is 14.1. The highest BCUT2D eigenvalue weighted by Crippen LogP contribution is 2.46. The number of aryl methyl sites for hydroxylation is 1. The molecule has 0 saturated heterocycles. The number of anilines is 3. The fourth-order valence-electron chi connectivity index (χ4n) is 6.40. The van der Waals surface area contributed by atoms with E-state index in [0.29, 0.717) is 0 Å². The van der Waals surface area contributed by atoms with Crippen molar-refractivity contribution in [1.82, 2.24) is 0 Å². The Labute approximate surface area is 270 Å². The molecule has 0 radical (unpaired) electrons. The van der Waals surface area contributed by atoms with Gasteiger partial charge in [0.25, 0.3) is 0 Å². The van der Waals surface area contributed by atoms with Crippen molar-refractivity contribution >= 4 is 39.7 Å². The fraction of sp³-hybridized carbons (Fsp3) is 0.122. The summed E-state index contributed by atoms with van der Waals surface area (Å²) >= 11 is 2.52. The molecule has 0 aromatic heterocycles. The molecule has 0 unspecified atom stereocenters. The second-order valence-electron chi connectivity index (χ2n) is 11.6. The maximum absolute atomic E-state index is 2.52. The van der Waals surface area contributed by atoms with Crippen LogP contribution in [0.15, 0.2) is 146 Å². The predicted octanol–water partition coefficient (Wildman–Crippen LogP) is 12.0. The monoisotopic (exact) mass is 669 g/mol. The molecule has 2 heteroatoms. The van der Waals surface area contributed by atoms with Gasteiger partial charge in [-0.05, 0) is 117 Å². The van der Waals surface area contributed by atoms with Crippen molar-refractivity contribution in [3.63, 3.8) is 0 Å². The van der Waals surface area contributed by atoms with Crippen LogP contribution in [0.5, 0.6) is 0 Å². The number of hydrogen-bond acceptors (Lipinski definition) is 1. The molecular weight excluding hydrogens is 633 g/mol. The Bertz CT molecular complexity index is 1860. The lowest BCUT2D eigenvalue weighted by molar-refractivity contribution is 0.634. The van der Waals surface area contributed by atoms with E-state index in [9.17, 15) is 0 Å². The molecule has 0 N–H and O–H groups in total. The zero-order valence-corrected chi connectivity index (χ0v) is 27.3. The largest absolute Gasteiger partial charge is 0.310 e. The lowest BCUT2D eigenvalue weighted by Crippen LogP contribution is -2.24. The lowest BCUT2D eigenvalue weighted by atomic mass is 9.73. The standard InChI is InChI=1S/C41H36IN/c1-29-28-33(31-16-8-5-9-17-31)26-27-38(29)43(34-20-12-7-13-21-34)39-25-15-23-36(30(39)2)41(3,4)40-35(22-14-24-37(40)42)32-18-10-6-11-19-32/h5-28H,1-4H3. The average Bonchev–Trinajstić information content (AvgIpc) is 3.03. The van der Waals surface area contributed by atoms with Crippen molar-refractivity contribution in [3.05, 3.63) is 171 Å². The number of halogens is 1. The normalized spacial score (nSPS) is 11.4. The van der Waals surface area contributed by atoms with Gasteiger partial charge in [0.05, 0.1) is 0 Å². The first kappa shape index (κ1) is 28.9. The van der Waals surface area contributed by atoms with Gasteiger partial charge in [0.15, 0.2) is 0 Å². The van der Waals surface area contributed by atoms with Gasteiger partial charge in [-0.2, -0.15) is 0 Å². The van der Waals surface area contributed by atoms with Gasteiger partial charge in [0, 0.05) is 26.0 Å². The van der Waals surface area contributed by atoms with E-state index >= 15 is 0 Å². The van der Waals surface area contributed by atoms with E-state index in [4.69, 9.17) is 0 Å². The summed E-state index contributed by atoms with van der Waals surface area (Å²) in [5.74, 6) is 0. The van der Waals surface area contributed by atoms with Crippen LogP contribution >= 0.6 is 22.6 Å². The molecule has 43 heavy (non-hydrogen) atoms. The molecule has 0 aliphatic heterocycles. The molecule has 0 bridgehead atoms. The van der Waals surface area contributed by atoms with Crippen LogP contribution in [0.4, 0.5) is 17.1 Å². The van der Waals surface area contributed by atoms with E-state index in [1.165, 1.54) is 59.5 Å². The van der Waals surface area contributed by atoms with Gasteiger partial charge in [0.2, 0.25) is 0 Å². The number of hydrogen-bond donors (Lipinski definition) is 0. The minimum Gasteiger partial charge on any atom is -0.310 e. The van der Waals surface area contributed by atoms with Gasteiger partial charge in [-0.15, -0.1) is 0 Å². The number of para-hydroxylation sites is 1. The molecule has 0 atom stereocenters. The summed E-state index contributed by atoms with van der Waals surface area (Å²) in [6, 6.07) is 52.4. The third-order valence-corrected chi connectivity index (χ3v) is 9.40. The van der Waals surface area contributed by atoms with Gasteiger partial charge in [-0.25, -0.2) is 0 Å². The minimum absolute atomic E-state index is 0.238. The van der Waals surface area contributed by atoms with Crippen LogP contribution < -0.4 is 4.90 Å². The van der Waals surface area contributed by atoms with Crippen LogP contribution in [0, 0.1) is 17.4 Å². The van der Waals surface area contributed by atoms with Crippen molar-refractivity contribution < 1.29 is 0 Å². The summed E-state index contributed by atoms with van der Waals surface area (Å²) in [4.78, 5) is 2.42. The van der Waals surface area contributed by atoms with Crippen LogP contribution in [0.3, 0.4) is 0 Å². The second kappa shape index (κ2) is 12.2. The fourth-order valence-corrected chi connectivity index (χ4v) is 7.57. The van der Waals surface area contributed by atoms with Gasteiger partial charge in [-0.1, -0.05) is 123 Å². The Morgan fingerprint density at radius 2 is 1.14 bits per heavy atom. The summed E-state index contributed by atoms with van der Waals surface area (Å²) in [6.45, 7) is 9.25. The van der Waals surface area contributed by atoms with Crippen molar-refractivity contribution in [3.8, 4) is 22.3 Å². The Morgan fingerprint density at radius 1 is 0.535 bits per heavy atom. The van der Waals surface area contributed by atoms with E-state index in [1.807, 2.05) is 0 Å². The molecule has 0 aliphatic rings. The smallest absolute Gasteiger partial charge is 0.0493 e. The topological polar surface area (TPSA) is 3.24 Å². The molecule has 0 aliphatic carbocycles. The molecule has 6 rings (SSSR count). The SMILES string of the molecule is Cc1cc(-c2ccccc2)ccc1N(c1ccccc1)c1cccc(C(C)(C)c2c(I)cccc2-c2ccccc2)c1C. The predicted molar refractivity (Wildman–Crippen MR) is 193 cm³/mol. The Hall–Kier alpha value is -4.15. The van der Waals surface area contributed by atoms with E-state index < -0.39 is 0 Å². The Morgan fingerprint density at radius 3 is 1.79 bits per heavy atom. The first-order valence-corrected chi connectivity index (χ1v) is 15.9. The number of nitrogens with zero attached hydrogens (tertiary/aromatic N) is 1. The molecule has 0 fully saturated rings. The van der Waals surface area contributed by atoms with E-state index in [1.54, 1.807) is 0 Å².